The van der Waals surface area contributed by atoms with Gasteiger partial charge < -0.3 is 5.32 Å². The van der Waals surface area contributed by atoms with Crippen LogP contribution in [-0.2, 0) is 4.79 Å². The molecular formula is C11H11ClFNO. The number of carbonyl (C=O) groups is 1. The molecule has 1 aliphatic heterocycles. The highest BCUT2D eigenvalue weighted by molar-refractivity contribution is 6.32. The van der Waals surface area contributed by atoms with E-state index in [-0.39, 0.29) is 23.4 Å². The van der Waals surface area contributed by atoms with Gasteiger partial charge in [0.2, 0.25) is 5.91 Å². The van der Waals surface area contributed by atoms with Gasteiger partial charge in [-0.1, -0.05) is 25.4 Å². The third-order valence-electron chi connectivity index (χ3n) is 2.65. The first kappa shape index (κ1) is 10.4. The Morgan fingerprint density at radius 2 is 2.13 bits per heavy atom. The van der Waals surface area contributed by atoms with Crippen molar-refractivity contribution < 1.29 is 9.18 Å². The second-order valence-electron chi connectivity index (χ2n) is 4.03. The molecule has 1 N–H and O–H groups in total. The van der Waals surface area contributed by atoms with Crippen molar-refractivity contribution in [2.45, 2.75) is 19.8 Å². The molecule has 2 rings (SSSR count). The largest absolute Gasteiger partial charge is 0.323 e. The van der Waals surface area contributed by atoms with Crippen LogP contribution in [0.25, 0.3) is 0 Å². The van der Waals surface area contributed by atoms with Gasteiger partial charge in [-0.25, -0.2) is 4.39 Å². The second-order valence-corrected chi connectivity index (χ2v) is 4.44. The topological polar surface area (TPSA) is 29.1 Å². The van der Waals surface area contributed by atoms with Crippen molar-refractivity contribution in [1.82, 2.24) is 0 Å². The van der Waals surface area contributed by atoms with E-state index in [0.29, 0.717) is 10.6 Å². The van der Waals surface area contributed by atoms with Crippen molar-refractivity contribution in [3.05, 3.63) is 28.5 Å². The number of fused-ring (bicyclic) bond motifs is 1. The predicted molar refractivity (Wildman–Crippen MR) is 57.6 cm³/mol. The zero-order valence-corrected chi connectivity index (χ0v) is 9.23. The van der Waals surface area contributed by atoms with Gasteiger partial charge in [0.15, 0.2) is 0 Å². The van der Waals surface area contributed by atoms with Crippen molar-refractivity contribution in [3.8, 4) is 0 Å². The Morgan fingerprint density at radius 3 is 2.73 bits per heavy atom. The molecule has 0 bridgehead atoms. The van der Waals surface area contributed by atoms with Crippen molar-refractivity contribution in [1.29, 1.82) is 0 Å². The summed E-state index contributed by atoms with van der Waals surface area (Å²) in [5.41, 5.74) is 0.836. The molecule has 0 spiro atoms. The number of halogens is 2. The Balaban J connectivity index is 2.62. The quantitative estimate of drug-likeness (QED) is 0.785. The van der Waals surface area contributed by atoms with E-state index in [1.54, 1.807) is 0 Å². The summed E-state index contributed by atoms with van der Waals surface area (Å²) in [4.78, 5) is 11.6. The first-order valence-electron chi connectivity index (χ1n) is 4.81. The van der Waals surface area contributed by atoms with Crippen LogP contribution in [0.4, 0.5) is 10.1 Å². The van der Waals surface area contributed by atoms with Crippen LogP contribution in [0.1, 0.15) is 25.3 Å². The minimum Gasteiger partial charge on any atom is -0.323 e. The zero-order chi connectivity index (χ0) is 11.2. The third kappa shape index (κ3) is 1.51. The average Bonchev–Trinajstić information content (AvgIpc) is 2.50. The summed E-state index contributed by atoms with van der Waals surface area (Å²) in [7, 11) is 0. The van der Waals surface area contributed by atoms with Crippen LogP contribution in [0.3, 0.4) is 0 Å². The maximum absolute atomic E-state index is 13.4. The number of hydrogen-bond acceptors (Lipinski definition) is 1. The van der Waals surface area contributed by atoms with Crippen LogP contribution in [0.5, 0.6) is 0 Å². The Morgan fingerprint density at radius 1 is 1.47 bits per heavy atom. The molecule has 0 aliphatic carbocycles. The lowest BCUT2D eigenvalue weighted by atomic mass is 9.89. The van der Waals surface area contributed by atoms with Crippen LogP contribution in [0, 0.1) is 11.7 Å². The number of carbonyl (C=O) groups excluding carboxylic acids is 1. The van der Waals surface area contributed by atoms with Crippen LogP contribution >= 0.6 is 11.6 Å². The number of nitrogens with one attached hydrogen (secondary N) is 1. The van der Waals surface area contributed by atoms with Crippen molar-refractivity contribution in [3.63, 3.8) is 0 Å². The molecule has 1 atom stereocenters. The van der Waals surface area contributed by atoms with Gasteiger partial charge >= 0.3 is 0 Å². The van der Waals surface area contributed by atoms with E-state index in [4.69, 9.17) is 11.6 Å². The van der Waals surface area contributed by atoms with E-state index in [1.807, 2.05) is 13.8 Å². The molecule has 0 fully saturated rings. The van der Waals surface area contributed by atoms with E-state index in [2.05, 4.69) is 5.32 Å². The van der Waals surface area contributed by atoms with Gasteiger partial charge in [0.25, 0.3) is 0 Å². The lowest BCUT2D eigenvalue weighted by Crippen LogP contribution is -2.16. The molecule has 1 aromatic carbocycles. The molecule has 15 heavy (non-hydrogen) atoms. The van der Waals surface area contributed by atoms with E-state index in [9.17, 15) is 9.18 Å². The fourth-order valence-electron chi connectivity index (χ4n) is 1.97. The predicted octanol–water partition coefficient (Wildman–Crippen LogP) is 3.17. The standard InChI is InChI=1S/C11H11ClFNO/c1-5(2)8-9-6(12)3-4-7(13)10(9)14-11(8)15/h3-5,8H,1-2H3,(H,14,15). The van der Waals surface area contributed by atoms with E-state index >= 15 is 0 Å². The van der Waals surface area contributed by atoms with Gasteiger partial charge in [0.1, 0.15) is 5.82 Å². The fraction of sp³-hybridized carbons (Fsp3) is 0.364. The monoisotopic (exact) mass is 227 g/mol. The maximum Gasteiger partial charge on any atom is 0.232 e. The molecule has 2 nitrogen and oxygen atoms in total. The van der Waals surface area contributed by atoms with E-state index < -0.39 is 5.82 Å². The Kier molecular flexibility index (Phi) is 2.43. The average molecular weight is 228 g/mol. The second kappa shape index (κ2) is 3.49. The molecule has 1 aliphatic rings. The van der Waals surface area contributed by atoms with Crippen LogP contribution < -0.4 is 5.32 Å². The lowest BCUT2D eigenvalue weighted by Gasteiger charge is -2.13. The molecule has 4 heteroatoms. The lowest BCUT2D eigenvalue weighted by molar-refractivity contribution is -0.117. The summed E-state index contributed by atoms with van der Waals surface area (Å²) >= 11 is 5.99. The molecule has 80 valence electrons. The summed E-state index contributed by atoms with van der Waals surface area (Å²) in [6.07, 6.45) is 0. The Labute approximate surface area is 92.4 Å². The van der Waals surface area contributed by atoms with Gasteiger partial charge in [0, 0.05) is 10.6 Å². The highest BCUT2D eigenvalue weighted by Gasteiger charge is 2.36. The highest BCUT2D eigenvalue weighted by Crippen LogP contribution is 2.42. The van der Waals surface area contributed by atoms with Crippen LogP contribution in [0.2, 0.25) is 5.02 Å². The SMILES string of the molecule is CC(C)C1C(=O)Nc2c(F)ccc(Cl)c21. The minimum atomic E-state index is -0.425. The van der Waals surface area contributed by atoms with Gasteiger partial charge in [-0.3, -0.25) is 4.79 Å². The minimum absolute atomic E-state index is 0.102. The molecule has 0 aromatic heterocycles. The van der Waals surface area contributed by atoms with E-state index in [1.165, 1.54) is 12.1 Å². The Bertz CT molecular complexity index is 431. The number of rotatable bonds is 1. The van der Waals surface area contributed by atoms with Crippen LogP contribution in [-0.4, -0.2) is 5.91 Å². The Hall–Kier alpha value is -1.09. The molecule has 1 aromatic rings. The summed E-state index contributed by atoms with van der Waals surface area (Å²) in [6.45, 7) is 3.83. The molecule has 0 saturated carbocycles. The van der Waals surface area contributed by atoms with Gasteiger partial charge in [-0.2, -0.15) is 0 Å². The zero-order valence-electron chi connectivity index (χ0n) is 8.47. The molecular weight excluding hydrogens is 217 g/mol. The first-order valence-corrected chi connectivity index (χ1v) is 5.19. The van der Waals surface area contributed by atoms with Gasteiger partial charge in [-0.15, -0.1) is 0 Å². The van der Waals surface area contributed by atoms with Gasteiger partial charge in [-0.05, 0) is 18.1 Å². The van der Waals surface area contributed by atoms with Crippen molar-refractivity contribution in [2.75, 3.05) is 5.32 Å². The summed E-state index contributed by atoms with van der Waals surface area (Å²) in [6, 6.07) is 2.76. The number of hydrogen-bond donors (Lipinski definition) is 1. The highest BCUT2D eigenvalue weighted by atomic mass is 35.5. The number of benzene rings is 1. The third-order valence-corrected chi connectivity index (χ3v) is 2.98. The smallest absolute Gasteiger partial charge is 0.232 e. The number of anilines is 1. The summed E-state index contributed by atoms with van der Waals surface area (Å²) in [5, 5.41) is 2.99. The molecule has 1 amide bonds. The molecule has 1 unspecified atom stereocenters. The fourth-order valence-corrected chi connectivity index (χ4v) is 2.24. The summed E-state index contributed by atoms with van der Waals surface area (Å²) < 4.78 is 13.4. The molecule has 0 saturated heterocycles. The maximum atomic E-state index is 13.4. The molecule has 1 heterocycles. The van der Waals surface area contributed by atoms with E-state index in [0.717, 1.165) is 0 Å². The first-order chi connectivity index (χ1) is 7.02. The number of amides is 1. The van der Waals surface area contributed by atoms with Crippen LogP contribution in [0.15, 0.2) is 12.1 Å². The normalized spacial score (nSPS) is 19.3. The van der Waals surface area contributed by atoms with Crippen molar-refractivity contribution in [2.24, 2.45) is 5.92 Å². The molecule has 0 radical (unpaired) electrons. The van der Waals surface area contributed by atoms with Crippen molar-refractivity contribution >= 4 is 23.2 Å². The summed E-state index contributed by atoms with van der Waals surface area (Å²) in [5.74, 6) is -0.841. The van der Waals surface area contributed by atoms with Gasteiger partial charge in [0.05, 0.1) is 11.6 Å².